The van der Waals surface area contributed by atoms with Crippen molar-refractivity contribution in [2.45, 2.75) is 17.8 Å². The topological polar surface area (TPSA) is 52.3 Å². The molecule has 0 aromatic heterocycles. The molecular weight excluding hydrogens is 366 g/mol. The molecule has 1 amide bonds. The van der Waals surface area contributed by atoms with Crippen LogP contribution >= 0.6 is 11.8 Å². The monoisotopic (exact) mass is 391 g/mol. The first-order chi connectivity index (χ1) is 13.6. The normalized spacial score (nSPS) is 12.5. The van der Waals surface area contributed by atoms with Gasteiger partial charge in [-0.15, -0.1) is 11.8 Å². The summed E-state index contributed by atoms with van der Waals surface area (Å²) in [6.45, 7) is 2.13. The second kappa shape index (κ2) is 9.58. The van der Waals surface area contributed by atoms with Crippen LogP contribution in [0.1, 0.15) is 23.6 Å². The molecule has 0 spiro atoms. The van der Waals surface area contributed by atoms with Crippen LogP contribution in [0.4, 0.5) is 0 Å². The Balaban J connectivity index is 2.00. The fourth-order valence-electron chi connectivity index (χ4n) is 3.27. The quantitative estimate of drug-likeness (QED) is 0.428. The molecular formula is C24H25NO2S. The molecule has 0 saturated heterocycles. The smallest absolute Gasteiger partial charge is 0.246 e. The molecule has 3 rings (SSSR count). The molecule has 2 N–H and O–H groups in total. The second-order valence-electron chi connectivity index (χ2n) is 6.54. The van der Waals surface area contributed by atoms with E-state index in [0.717, 1.165) is 5.75 Å². The van der Waals surface area contributed by atoms with E-state index in [1.54, 1.807) is 18.7 Å². The molecule has 3 aromatic rings. The molecule has 0 aliphatic heterocycles. The van der Waals surface area contributed by atoms with Crippen LogP contribution in [0, 0.1) is 0 Å². The number of hydrogen-bond donors (Lipinski definition) is 1. The van der Waals surface area contributed by atoms with Gasteiger partial charge < -0.3 is 10.5 Å². The molecule has 3 nitrogen and oxygen atoms in total. The molecule has 1 unspecified atom stereocenters. The fourth-order valence-corrected chi connectivity index (χ4v) is 4.66. The summed E-state index contributed by atoms with van der Waals surface area (Å²) >= 11 is 1.80. The standard InChI is InChI=1S/C24H25NO2S/c1-19(23(25)26)27-17-18-28-24(20-11-5-2-6-12-20,21-13-7-3-8-14-21)22-15-9-4-10-16-22/h2-16,19H,17-18H2,1H3,(H2,25,26). The Morgan fingerprint density at radius 1 is 0.857 bits per heavy atom. The first-order valence-electron chi connectivity index (χ1n) is 9.36. The van der Waals surface area contributed by atoms with Gasteiger partial charge in [-0.2, -0.15) is 0 Å². The molecule has 0 fully saturated rings. The van der Waals surface area contributed by atoms with Gasteiger partial charge in [-0.05, 0) is 23.6 Å². The van der Waals surface area contributed by atoms with Crippen LogP contribution in [-0.2, 0) is 14.3 Å². The van der Waals surface area contributed by atoms with Gasteiger partial charge in [0.25, 0.3) is 0 Å². The van der Waals surface area contributed by atoms with Crippen molar-refractivity contribution < 1.29 is 9.53 Å². The van der Waals surface area contributed by atoms with Gasteiger partial charge in [-0.25, -0.2) is 0 Å². The van der Waals surface area contributed by atoms with Gasteiger partial charge in [0.1, 0.15) is 6.10 Å². The summed E-state index contributed by atoms with van der Waals surface area (Å²) in [5.74, 6) is 0.279. The van der Waals surface area contributed by atoms with Crippen LogP contribution in [-0.4, -0.2) is 24.4 Å². The summed E-state index contributed by atoms with van der Waals surface area (Å²) in [7, 11) is 0. The van der Waals surface area contributed by atoms with Crippen LogP contribution in [0.15, 0.2) is 91.0 Å². The molecule has 1 atom stereocenters. The molecule has 0 heterocycles. The maximum Gasteiger partial charge on any atom is 0.246 e. The third kappa shape index (κ3) is 4.46. The largest absolute Gasteiger partial charge is 0.368 e. The van der Waals surface area contributed by atoms with Gasteiger partial charge in [0, 0.05) is 5.75 Å². The average Bonchev–Trinajstić information content (AvgIpc) is 2.75. The number of amides is 1. The predicted molar refractivity (Wildman–Crippen MR) is 116 cm³/mol. The van der Waals surface area contributed by atoms with Crippen LogP contribution in [0.2, 0.25) is 0 Å². The number of carbonyl (C=O) groups is 1. The maximum atomic E-state index is 11.2. The fraction of sp³-hybridized carbons (Fsp3) is 0.208. The number of nitrogens with two attached hydrogens (primary N) is 1. The molecule has 28 heavy (non-hydrogen) atoms. The Morgan fingerprint density at radius 2 is 1.25 bits per heavy atom. The van der Waals surface area contributed by atoms with E-state index in [9.17, 15) is 4.79 Å². The van der Waals surface area contributed by atoms with E-state index in [1.807, 2.05) is 18.2 Å². The summed E-state index contributed by atoms with van der Waals surface area (Å²) in [5.41, 5.74) is 8.93. The van der Waals surface area contributed by atoms with E-state index >= 15 is 0 Å². The molecule has 0 saturated carbocycles. The number of rotatable bonds is 9. The highest BCUT2D eigenvalue weighted by Gasteiger charge is 2.36. The van der Waals surface area contributed by atoms with E-state index in [1.165, 1.54) is 16.7 Å². The van der Waals surface area contributed by atoms with E-state index in [4.69, 9.17) is 10.5 Å². The van der Waals surface area contributed by atoms with Crippen molar-refractivity contribution in [2.75, 3.05) is 12.4 Å². The van der Waals surface area contributed by atoms with Gasteiger partial charge in [0.05, 0.1) is 11.4 Å². The maximum absolute atomic E-state index is 11.2. The number of hydrogen-bond acceptors (Lipinski definition) is 3. The lowest BCUT2D eigenvalue weighted by atomic mass is 9.84. The van der Waals surface area contributed by atoms with Gasteiger partial charge in [0.15, 0.2) is 0 Å². The number of carbonyl (C=O) groups excluding carboxylic acids is 1. The minimum atomic E-state index is -0.583. The Morgan fingerprint density at radius 3 is 1.61 bits per heavy atom. The van der Waals surface area contributed by atoms with Crippen molar-refractivity contribution in [3.63, 3.8) is 0 Å². The van der Waals surface area contributed by atoms with Crippen molar-refractivity contribution in [2.24, 2.45) is 5.73 Å². The van der Waals surface area contributed by atoms with Gasteiger partial charge in [0.2, 0.25) is 5.91 Å². The Labute approximate surface area is 170 Å². The highest BCUT2D eigenvalue weighted by molar-refractivity contribution is 8.00. The zero-order valence-electron chi connectivity index (χ0n) is 16.0. The molecule has 4 heteroatoms. The van der Waals surface area contributed by atoms with Crippen LogP contribution < -0.4 is 5.73 Å². The number of primary amides is 1. The zero-order valence-corrected chi connectivity index (χ0v) is 16.8. The summed E-state index contributed by atoms with van der Waals surface area (Å²) in [6, 6.07) is 31.5. The number of thioether (sulfide) groups is 1. The lowest BCUT2D eigenvalue weighted by Crippen LogP contribution is -2.30. The molecule has 0 aliphatic rings. The van der Waals surface area contributed by atoms with Crippen molar-refractivity contribution in [3.8, 4) is 0 Å². The number of benzene rings is 3. The van der Waals surface area contributed by atoms with Crippen LogP contribution in [0.3, 0.4) is 0 Å². The zero-order chi connectivity index (χ0) is 19.8. The van der Waals surface area contributed by atoms with Gasteiger partial charge in [-0.1, -0.05) is 91.0 Å². The number of ether oxygens (including phenoxy) is 1. The van der Waals surface area contributed by atoms with Crippen molar-refractivity contribution in [1.82, 2.24) is 0 Å². The summed E-state index contributed by atoms with van der Waals surface area (Å²) < 4.78 is 5.24. The third-order valence-electron chi connectivity index (χ3n) is 4.71. The lowest BCUT2D eigenvalue weighted by molar-refractivity contribution is -0.127. The molecule has 0 radical (unpaired) electrons. The first kappa shape index (κ1) is 20.2. The first-order valence-corrected chi connectivity index (χ1v) is 10.3. The summed E-state index contributed by atoms with van der Waals surface area (Å²) in [5, 5.41) is 0. The van der Waals surface area contributed by atoms with Crippen LogP contribution in [0.25, 0.3) is 0 Å². The Kier molecular flexibility index (Phi) is 6.90. The Bertz CT molecular complexity index is 772. The Hall–Kier alpha value is -2.56. The highest BCUT2D eigenvalue weighted by atomic mass is 32.2. The molecule has 3 aromatic carbocycles. The highest BCUT2D eigenvalue weighted by Crippen LogP contribution is 2.48. The minimum absolute atomic E-state index is 0.372. The van der Waals surface area contributed by atoms with Crippen molar-refractivity contribution in [1.29, 1.82) is 0 Å². The molecule has 0 aliphatic carbocycles. The van der Waals surface area contributed by atoms with Gasteiger partial charge >= 0.3 is 0 Å². The lowest BCUT2D eigenvalue weighted by Gasteiger charge is -2.35. The van der Waals surface area contributed by atoms with E-state index in [2.05, 4.69) is 72.8 Å². The van der Waals surface area contributed by atoms with Crippen molar-refractivity contribution in [3.05, 3.63) is 108 Å². The minimum Gasteiger partial charge on any atom is -0.368 e. The third-order valence-corrected chi connectivity index (χ3v) is 6.22. The van der Waals surface area contributed by atoms with Crippen LogP contribution in [0.5, 0.6) is 0 Å². The van der Waals surface area contributed by atoms with Crippen molar-refractivity contribution >= 4 is 17.7 Å². The molecule has 144 valence electrons. The summed E-state index contributed by atoms with van der Waals surface area (Å²) in [6.07, 6.45) is -0.583. The average molecular weight is 392 g/mol. The van der Waals surface area contributed by atoms with E-state index in [0.29, 0.717) is 6.61 Å². The second-order valence-corrected chi connectivity index (χ2v) is 7.85. The molecule has 0 bridgehead atoms. The van der Waals surface area contributed by atoms with E-state index < -0.39 is 12.0 Å². The predicted octanol–water partition coefficient (Wildman–Crippen LogP) is 4.60. The van der Waals surface area contributed by atoms with E-state index in [-0.39, 0.29) is 4.75 Å². The van der Waals surface area contributed by atoms with Gasteiger partial charge in [-0.3, -0.25) is 4.79 Å². The SMILES string of the molecule is CC(OCCSC(c1ccccc1)(c1ccccc1)c1ccccc1)C(N)=O. The summed E-state index contributed by atoms with van der Waals surface area (Å²) in [4.78, 5) is 11.2.